The first-order valence-electron chi connectivity index (χ1n) is 5.46. The van der Waals surface area contributed by atoms with Gasteiger partial charge in [0.15, 0.2) is 0 Å². The predicted molar refractivity (Wildman–Crippen MR) is 62.7 cm³/mol. The SMILES string of the molecule is COc1cc(F)cc(CC2CCCN2)c1Cl. The van der Waals surface area contributed by atoms with Crippen LogP contribution in [0, 0.1) is 5.82 Å². The zero-order valence-electron chi connectivity index (χ0n) is 9.22. The van der Waals surface area contributed by atoms with Gasteiger partial charge in [-0.1, -0.05) is 11.6 Å². The van der Waals surface area contributed by atoms with Crippen LogP contribution in [-0.4, -0.2) is 19.7 Å². The van der Waals surface area contributed by atoms with Crippen LogP contribution < -0.4 is 10.1 Å². The number of nitrogens with one attached hydrogen (secondary N) is 1. The van der Waals surface area contributed by atoms with Gasteiger partial charge in [-0.2, -0.15) is 0 Å². The van der Waals surface area contributed by atoms with Crippen molar-refractivity contribution in [1.29, 1.82) is 0 Å². The molecule has 4 heteroatoms. The number of hydrogen-bond acceptors (Lipinski definition) is 2. The van der Waals surface area contributed by atoms with E-state index in [1.165, 1.54) is 25.7 Å². The zero-order chi connectivity index (χ0) is 11.5. The monoisotopic (exact) mass is 243 g/mol. The van der Waals surface area contributed by atoms with Crippen molar-refractivity contribution in [3.8, 4) is 5.75 Å². The Morgan fingerprint density at radius 1 is 1.56 bits per heavy atom. The Labute approximate surface area is 99.7 Å². The molecule has 2 rings (SSSR count). The molecule has 2 nitrogen and oxygen atoms in total. The summed E-state index contributed by atoms with van der Waals surface area (Å²) in [7, 11) is 1.50. The minimum atomic E-state index is -0.297. The van der Waals surface area contributed by atoms with Crippen molar-refractivity contribution >= 4 is 11.6 Å². The van der Waals surface area contributed by atoms with Crippen LogP contribution in [0.1, 0.15) is 18.4 Å². The lowest BCUT2D eigenvalue weighted by atomic mass is 10.0. The molecule has 1 unspecified atom stereocenters. The third-order valence-corrected chi connectivity index (χ3v) is 3.36. The first kappa shape index (κ1) is 11.7. The molecule has 0 radical (unpaired) electrons. The van der Waals surface area contributed by atoms with Gasteiger partial charge in [0.05, 0.1) is 12.1 Å². The van der Waals surface area contributed by atoms with E-state index < -0.39 is 0 Å². The predicted octanol–water partition coefficient (Wildman–Crippen LogP) is 2.78. The second-order valence-electron chi connectivity index (χ2n) is 4.08. The topological polar surface area (TPSA) is 21.3 Å². The van der Waals surface area contributed by atoms with Crippen LogP contribution in [0.15, 0.2) is 12.1 Å². The van der Waals surface area contributed by atoms with Gasteiger partial charge in [-0.15, -0.1) is 0 Å². The van der Waals surface area contributed by atoms with Crippen molar-refractivity contribution in [1.82, 2.24) is 5.32 Å². The Balaban J connectivity index is 2.21. The van der Waals surface area contributed by atoms with Crippen LogP contribution in [0.4, 0.5) is 4.39 Å². The minimum Gasteiger partial charge on any atom is -0.495 e. The molecule has 0 aliphatic carbocycles. The summed E-state index contributed by atoms with van der Waals surface area (Å²) in [6.45, 7) is 1.04. The lowest BCUT2D eigenvalue weighted by Crippen LogP contribution is -2.23. The van der Waals surface area contributed by atoms with Crippen LogP contribution in [0.3, 0.4) is 0 Å². The van der Waals surface area contributed by atoms with Crippen molar-refractivity contribution in [2.75, 3.05) is 13.7 Å². The third-order valence-electron chi connectivity index (χ3n) is 2.93. The maximum Gasteiger partial charge on any atom is 0.140 e. The Kier molecular flexibility index (Phi) is 3.66. The average Bonchev–Trinajstić information content (AvgIpc) is 2.75. The highest BCUT2D eigenvalue weighted by Gasteiger charge is 2.18. The molecule has 16 heavy (non-hydrogen) atoms. The lowest BCUT2D eigenvalue weighted by Gasteiger charge is -2.13. The Morgan fingerprint density at radius 2 is 2.38 bits per heavy atom. The Morgan fingerprint density at radius 3 is 3.00 bits per heavy atom. The van der Waals surface area contributed by atoms with Crippen LogP contribution in [0.2, 0.25) is 5.02 Å². The summed E-state index contributed by atoms with van der Waals surface area (Å²) in [6, 6.07) is 3.21. The smallest absolute Gasteiger partial charge is 0.140 e. The molecular formula is C12H15ClFNO. The van der Waals surface area contributed by atoms with Crippen LogP contribution in [-0.2, 0) is 6.42 Å². The summed E-state index contributed by atoms with van der Waals surface area (Å²) >= 11 is 6.14. The molecule has 1 saturated heterocycles. The summed E-state index contributed by atoms with van der Waals surface area (Å²) in [5, 5.41) is 3.89. The fourth-order valence-electron chi connectivity index (χ4n) is 2.11. The summed E-state index contributed by atoms with van der Waals surface area (Å²) in [4.78, 5) is 0. The van der Waals surface area contributed by atoms with E-state index >= 15 is 0 Å². The van der Waals surface area contributed by atoms with E-state index in [1.807, 2.05) is 0 Å². The van der Waals surface area contributed by atoms with Gasteiger partial charge < -0.3 is 10.1 Å². The van der Waals surface area contributed by atoms with Crippen LogP contribution in [0.5, 0.6) is 5.75 Å². The third kappa shape index (κ3) is 2.47. The molecule has 1 heterocycles. The van der Waals surface area contributed by atoms with Crippen LogP contribution >= 0.6 is 11.6 Å². The van der Waals surface area contributed by atoms with Crippen LogP contribution in [0.25, 0.3) is 0 Å². The molecule has 0 spiro atoms. The van der Waals surface area contributed by atoms with Crippen molar-refractivity contribution in [2.45, 2.75) is 25.3 Å². The fraction of sp³-hybridized carbons (Fsp3) is 0.500. The number of methoxy groups -OCH3 is 1. The van der Waals surface area contributed by atoms with Crippen molar-refractivity contribution in [3.05, 3.63) is 28.5 Å². The normalized spacial score (nSPS) is 20.1. The number of ether oxygens (including phenoxy) is 1. The lowest BCUT2D eigenvalue weighted by molar-refractivity contribution is 0.410. The van der Waals surface area contributed by atoms with E-state index in [2.05, 4.69) is 5.32 Å². The van der Waals surface area contributed by atoms with Gasteiger partial charge in [0.2, 0.25) is 0 Å². The molecule has 1 atom stereocenters. The van der Waals surface area contributed by atoms with E-state index in [9.17, 15) is 4.39 Å². The molecule has 88 valence electrons. The van der Waals surface area contributed by atoms with E-state index in [0.717, 1.165) is 24.9 Å². The average molecular weight is 244 g/mol. The van der Waals surface area contributed by atoms with Crippen molar-refractivity contribution in [3.63, 3.8) is 0 Å². The molecule has 0 amide bonds. The molecular weight excluding hydrogens is 229 g/mol. The summed E-state index contributed by atoms with van der Waals surface area (Å²) in [6.07, 6.45) is 3.05. The quantitative estimate of drug-likeness (QED) is 0.882. The van der Waals surface area contributed by atoms with Gasteiger partial charge in [0, 0.05) is 12.1 Å². The number of rotatable bonds is 3. The molecule has 0 bridgehead atoms. The number of benzene rings is 1. The summed E-state index contributed by atoms with van der Waals surface area (Å²) in [5.74, 6) is 0.115. The molecule has 1 fully saturated rings. The Hall–Kier alpha value is -0.800. The molecule has 1 aliphatic rings. The number of hydrogen-bond donors (Lipinski definition) is 1. The van der Waals surface area contributed by atoms with Gasteiger partial charge in [0.1, 0.15) is 11.6 Å². The molecule has 0 saturated carbocycles. The van der Waals surface area contributed by atoms with E-state index in [1.54, 1.807) is 0 Å². The first-order chi connectivity index (χ1) is 7.70. The maximum atomic E-state index is 13.3. The van der Waals surface area contributed by atoms with Gasteiger partial charge in [-0.05, 0) is 37.4 Å². The summed E-state index contributed by atoms with van der Waals surface area (Å²) < 4.78 is 18.3. The maximum absolute atomic E-state index is 13.3. The van der Waals surface area contributed by atoms with E-state index in [4.69, 9.17) is 16.3 Å². The van der Waals surface area contributed by atoms with Gasteiger partial charge >= 0.3 is 0 Å². The van der Waals surface area contributed by atoms with Gasteiger partial charge in [-0.3, -0.25) is 0 Å². The standard InChI is InChI=1S/C12H15ClFNO/c1-16-11-7-9(14)5-8(12(11)13)6-10-3-2-4-15-10/h5,7,10,15H,2-4,6H2,1H3. The second kappa shape index (κ2) is 5.02. The molecule has 1 N–H and O–H groups in total. The van der Waals surface area contributed by atoms with Crippen molar-refractivity contribution < 1.29 is 9.13 Å². The largest absolute Gasteiger partial charge is 0.495 e. The van der Waals surface area contributed by atoms with E-state index in [-0.39, 0.29) is 5.82 Å². The molecule has 1 aliphatic heterocycles. The Bertz CT molecular complexity index is 378. The number of halogens is 2. The minimum absolute atomic E-state index is 0.297. The van der Waals surface area contributed by atoms with E-state index in [0.29, 0.717) is 16.8 Å². The molecule has 0 aromatic heterocycles. The zero-order valence-corrected chi connectivity index (χ0v) is 9.98. The highest BCUT2D eigenvalue weighted by molar-refractivity contribution is 6.32. The molecule has 1 aromatic carbocycles. The first-order valence-corrected chi connectivity index (χ1v) is 5.84. The second-order valence-corrected chi connectivity index (χ2v) is 4.46. The molecule has 1 aromatic rings. The highest BCUT2D eigenvalue weighted by atomic mass is 35.5. The van der Waals surface area contributed by atoms with Gasteiger partial charge in [0.25, 0.3) is 0 Å². The summed E-state index contributed by atoms with van der Waals surface area (Å²) in [5.41, 5.74) is 0.818. The van der Waals surface area contributed by atoms with Gasteiger partial charge in [-0.25, -0.2) is 4.39 Å². The van der Waals surface area contributed by atoms with Crippen molar-refractivity contribution in [2.24, 2.45) is 0 Å². The fourth-order valence-corrected chi connectivity index (χ4v) is 2.38. The highest BCUT2D eigenvalue weighted by Crippen LogP contribution is 2.30.